The van der Waals surface area contributed by atoms with Crippen LogP contribution in [0.2, 0.25) is 10.0 Å². The molecule has 1 fully saturated rings. The van der Waals surface area contributed by atoms with Gasteiger partial charge in [-0.15, -0.1) is 0 Å². The molecule has 1 aliphatic rings. The van der Waals surface area contributed by atoms with Crippen molar-refractivity contribution in [1.29, 1.82) is 0 Å². The normalized spacial score (nSPS) is 18.2. The number of hydrogen-bond acceptors (Lipinski definition) is 2. The Morgan fingerprint density at radius 1 is 1.25 bits per heavy atom. The second-order valence-corrected chi connectivity index (χ2v) is 6.47. The Bertz CT molecular complexity index is 483. The number of ketones is 1. The number of rotatable bonds is 4. The summed E-state index contributed by atoms with van der Waals surface area (Å²) in [6, 6.07) is 5.42. The van der Waals surface area contributed by atoms with E-state index in [0.717, 1.165) is 0 Å². The molecular weight excluding hydrogens is 293 g/mol. The molecule has 1 aromatic rings. The van der Waals surface area contributed by atoms with Gasteiger partial charge in [0.05, 0.1) is 11.1 Å². The first-order chi connectivity index (χ1) is 9.50. The smallest absolute Gasteiger partial charge is 0.181 e. The first-order valence-electron chi connectivity index (χ1n) is 7.22. The largest absolute Gasteiger partial charge is 0.294 e. The number of hydrogen-bond donors (Lipinski definition) is 0. The SMILES string of the molecule is CC(C(=O)c1ccc(Cl)cc1Cl)N(C)C1CCCCC1. The minimum absolute atomic E-state index is 0.0692. The van der Waals surface area contributed by atoms with E-state index in [0.29, 0.717) is 21.7 Å². The highest BCUT2D eigenvalue weighted by atomic mass is 35.5. The van der Waals surface area contributed by atoms with E-state index in [1.165, 1.54) is 32.1 Å². The zero-order chi connectivity index (χ0) is 14.7. The molecule has 1 aliphatic carbocycles. The van der Waals surface area contributed by atoms with Crippen molar-refractivity contribution in [2.45, 2.75) is 51.1 Å². The van der Waals surface area contributed by atoms with Crippen molar-refractivity contribution in [3.05, 3.63) is 33.8 Å². The maximum atomic E-state index is 12.6. The van der Waals surface area contributed by atoms with E-state index in [1.54, 1.807) is 18.2 Å². The summed E-state index contributed by atoms with van der Waals surface area (Å²) in [6.45, 7) is 1.96. The number of carbonyl (C=O) groups excluding carboxylic acids is 1. The van der Waals surface area contributed by atoms with E-state index in [-0.39, 0.29) is 11.8 Å². The van der Waals surface area contributed by atoms with E-state index >= 15 is 0 Å². The molecule has 4 heteroatoms. The van der Waals surface area contributed by atoms with Gasteiger partial charge in [-0.25, -0.2) is 0 Å². The third-order valence-electron chi connectivity index (χ3n) is 4.34. The van der Waals surface area contributed by atoms with Crippen LogP contribution < -0.4 is 0 Å². The lowest BCUT2D eigenvalue weighted by molar-refractivity contribution is 0.0778. The molecule has 2 nitrogen and oxygen atoms in total. The van der Waals surface area contributed by atoms with Crippen LogP contribution in [-0.2, 0) is 0 Å². The average Bonchev–Trinajstić information content (AvgIpc) is 2.46. The number of likely N-dealkylation sites (N-methyl/N-ethyl adjacent to an activating group) is 1. The van der Waals surface area contributed by atoms with Gasteiger partial charge in [0.25, 0.3) is 0 Å². The van der Waals surface area contributed by atoms with Gasteiger partial charge in [-0.1, -0.05) is 42.5 Å². The number of carbonyl (C=O) groups is 1. The third-order valence-corrected chi connectivity index (χ3v) is 4.89. The van der Waals surface area contributed by atoms with Crippen molar-refractivity contribution in [3.63, 3.8) is 0 Å². The predicted octanol–water partition coefficient (Wildman–Crippen LogP) is 4.83. The van der Waals surface area contributed by atoms with Gasteiger partial charge in [0.1, 0.15) is 0 Å². The summed E-state index contributed by atoms with van der Waals surface area (Å²) >= 11 is 12.0. The molecule has 1 saturated carbocycles. The van der Waals surface area contributed by atoms with Crippen molar-refractivity contribution >= 4 is 29.0 Å². The Labute approximate surface area is 131 Å². The van der Waals surface area contributed by atoms with Gasteiger partial charge in [-0.2, -0.15) is 0 Å². The van der Waals surface area contributed by atoms with Crippen LogP contribution in [0.4, 0.5) is 0 Å². The minimum atomic E-state index is -0.156. The second kappa shape index (κ2) is 6.93. The summed E-state index contributed by atoms with van der Waals surface area (Å²) in [5.74, 6) is 0.0692. The van der Waals surface area contributed by atoms with E-state index < -0.39 is 0 Å². The molecule has 0 saturated heterocycles. The van der Waals surface area contributed by atoms with Gasteiger partial charge in [0.2, 0.25) is 0 Å². The van der Waals surface area contributed by atoms with Crippen molar-refractivity contribution in [3.8, 4) is 0 Å². The molecule has 110 valence electrons. The van der Waals surface area contributed by atoms with E-state index in [9.17, 15) is 4.79 Å². The topological polar surface area (TPSA) is 20.3 Å². The fraction of sp³-hybridized carbons (Fsp3) is 0.562. The van der Waals surface area contributed by atoms with Crippen molar-refractivity contribution in [1.82, 2.24) is 4.90 Å². The van der Waals surface area contributed by atoms with Gasteiger partial charge >= 0.3 is 0 Å². The molecule has 20 heavy (non-hydrogen) atoms. The molecule has 0 amide bonds. The lowest BCUT2D eigenvalue weighted by Gasteiger charge is -2.35. The highest BCUT2D eigenvalue weighted by molar-refractivity contribution is 6.37. The summed E-state index contributed by atoms with van der Waals surface area (Å²) in [5, 5.41) is 0.992. The summed E-state index contributed by atoms with van der Waals surface area (Å²) in [4.78, 5) is 14.8. The first kappa shape index (κ1) is 15.8. The molecule has 0 heterocycles. The maximum Gasteiger partial charge on any atom is 0.181 e. The van der Waals surface area contributed by atoms with E-state index in [4.69, 9.17) is 23.2 Å². The van der Waals surface area contributed by atoms with Crippen molar-refractivity contribution in [2.75, 3.05) is 7.05 Å². The van der Waals surface area contributed by atoms with Gasteiger partial charge in [0, 0.05) is 16.6 Å². The minimum Gasteiger partial charge on any atom is -0.294 e. The highest BCUT2D eigenvalue weighted by Gasteiger charge is 2.27. The monoisotopic (exact) mass is 313 g/mol. The third kappa shape index (κ3) is 3.55. The van der Waals surface area contributed by atoms with Crippen LogP contribution in [0, 0.1) is 0 Å². The van der Waals surface area contributed by atoms with Crippen molar-refractivity contribution in [2.24, 2.45) is 0 Å². The Balaban J connectivity index is 2.10. The molecule has 0 bridgehead atoms. The van der Waals surface area contributed by atoms with Crippen LogP contribution >= 0.6 is 23.2 Å². The quantitative estimate of drug-likeness (QED) is 0.742. The Morgan fingerprint density at radius 3 is 2.50 bits per heavy atom. The number of halogens is 2. The van der Waals surface area contributed by atoms with Crippen LogP contribution in [-0.4, -0.2) is 29.8 Å². The van der Waals surface area contributed by atoms with Crippen LogP contribution in [0.15, 0.2) is 18.2 Å². The molecule has 0 aromatic heterocycles. The number of benzene rings is 1. The Morgan fingerprint density at radius 2 is 1.90 bits per heavy atom. The zero-order valence-corrected chi connectivity index (χ0v) is 13.5. The molecule has 2 rings (SSSR count). The van der Waals surface area contributed by atoms with Crippen LogP contribution in [0.5, 0.6) is 0 Å². The molecule has 0 N–H and O–H groups in total. The average molecular weight is 314 g/mol. The zero-order valence-electron chi connectivity index (χ0n) is 12.0. The Kier molecular flexibility index (Phi) is 5.48. The lowest BCUT2D eigenvalue weighted by atomic mass is 9.92. The van der Waals surface area contributed by atoms with Crippen LogP contribution in [0.1, 0.15) is 49.4 Å². The number of nitrogens with zero attached hydrogens (tertiary/aromatic N) is 1. The van der Waals surface area contributed by atoms with Gasteiger partial charge in [-0.3, -0.25) is 9.69 Å². The van der Waals surface area contributed by atoms with Crippen LogP contribution in [0.25, 0.3) is 0 Å². The fourth-order valence-corrected chi connectivity index (χ4v) is 3.41. The van der Waals surface area contributed by atoms with E-state index in [2.05, 4.69) is 4.90 Å². The molecule has 0 radical (unpaired) electrons. The molecule has 0 spiro atoms. The molecular formula is C16H21Cl2NO. The summed E-state index contributed by atoms with van der Waals surface area (Å²) < 4.78 is 0. The standard InChI is InChI=1S/C16H21Cl2NO/c1-11(19(2)13-6-4-3-5-7-13)16(20)14-9-8-12(17)10-15(14)18/h8-11,13H,3-7H2,1-2H3. The first-order valence-corrected chi connectivity index (χ1v) is 7.97. The molecule has 0 aliphatic heterocycles. The molecule has 1 unspecified atom stereocenters. The maximum absolute atomic E-state index is 12.6. The van der Waals surface area contributed by atoms with Gasteiger partial charge in [0.15, 0.2) is 5.78 Å². The van der Waals surface area contributed by atoms with E-state index in [1.807, 2.05) is 14.0 Å². The number of Topliss-reactive ketones (excluding diaryl/α,β-unsaturated/α-hetero) is 1. The molecule has 1 atom stereocenters. The van der Waals surface area contributed by atoms with Crippen molar-refractivity contribution < 1.29 is 4.79 Å². The lowest BCUT2D eigenvalue weighted by Crippen LogP contribution is -2.44. The summed E-state index contributed by atoms with van der Waals surface area (Å²) in [5.41, 5.74) is 0.561. The summed E-state index contributed by atoms with van der Waals surface area (Å²) in [6.07, 6.45) is 6.20. The fourth-order valence-electron chi connectivity index (χ4n) is 2.90. The second-order valence-electron chi connectivity index (χ2n) is 5.62. The summed E-state index contributed by atoms with van der Waals surface area (Å²) in [7, 11) is 2.04. The molecule has 1 aromatic carbocycles. The Hall–Kier alpha value is -0.570. The predicted molar refractivity (Wildman–Crippen MR) is 84.9 cm³/mol. The van der Waals surface area contributed by atoms with Crippen LogP contribution in [0.3, 0.4) is 0 Å². The van der Waals surface area contributed by atoms with Gasteiger partial charge in [-0.05, 0) is 45.0 Å². The van der Waals surface area contributed by atoms with Gasteiger partial charge < -0.3 is 0 Å². The highest BCUT2D eigenvalue weighted by Crippen LogP contribution is 2.26.